The Balaban J connectivity index is 1.91. The van der Waals surface area contributed by atoms with Gasteiger partial charge in [-0.3, -0.25) is 0 Å². The molecule has 2 heteroatoms. The van der Waals surface area contributed by atoms with Crippen LogP contribution < -0.4 is 0 Å². The minimum absolute atomic E-state index is 1.00. The van der Waals surface area contributed by atoms with Gasteiger partial charge in [0, 0.05) is 11.1 Å². The number of rotatable bonds is 3. The molecule has 0 bridgehead atoms. The van der Waals surface area contributed by atoms with Gasteiger partial charge in [0.25, 0.3) is 0 Å². The number of hydrogen-bond donors (Lipinski definition) is 0. The first-order valence-electron chi connectivity index (χ1n) is 7.50. The molecule has 23 heavy (non-hydrogen) atoms. The quantitative estimate of drug-likeness (QED) is 0.456. The molecule has 4 aromatic rings. The Morgan fingerprint density at radius 2 is 1.35 bits per heavy atom. The molecule has 0 aliphatic carbocycles. The van der Waals surface area contributed by atoms with Crippen molar-refractivity contribution in [3.05, 3.63) is 91.0 Å². The molecule has 0 amide bonds. The maximum atomic E-state index is 4.91. The lowest BCUT2D eigenvalue weighted by atomic mass is 10.1. The molecule has 1 heterocycles. The Labute approximate surface area is 139 Å². The summed E-state index contributed by atoms with van der Waals surface area (Å²) in [5.41, 5.74) is 4.42. The average molecular weight is 312 g/mol. The second kappa shape index (κ2) is 6.19. The summed E-state index contributed by atoms with van der Waals surface area (Å²) in [5, 5.41) is 1.00. The molecule has 4 rings (SSSR count). The van der Waals surface area contributed by atoms with E-state index in [-0.39, 0.29) is 0 Å². The van der Waals surface area contributed by atoms with E-state index in [4.69, 9.17) is 4.98 Å². The van der Waals surface area contributed by atoms with Gasteiger partial charge in [-0.1, -0.05) is 84.9 Å². The standard InChI is InChI=1S/C21H14NS/c1-4-10-16(11-5-1)19-20(17-12-6-2-7-13-17)23-21(22-19)18-14-8-3-9-15-18/h1-14H. The van der Waals surface area contributed by atoms with Gasteiger partial charge in [-0.25, -0.2) is 4.98 Å². The third-order valence-electron chi connectivity index (χ3n) is 3.65. The van der Waals surface area contributed by atoms with Crippen LogP contribution in [-0.4, -0.2) is 4.98 Å². The summed E-state index contributed by atoms with van der Waals surface area (Å²) in [5.74, 6) is 0. The summed E-state index contributed by atoms with van der Waals surface area (Å²) >= 11 is 1.72. The van der Waals surface area contributed by atoms with Crippen molar-refractivity contribution in [3.8, 4) is 32.3 Å². The van der Waals surface area contributed by atoms with Crippen LogP contribution in [0, 0.1) is 6.07 Å². The Kier molecular flexibility index (Phi) is 3.75. The van der Waals surface area contributed by atoms with Crippen LogP contribution in [0.3, 0.4) is 0 Å². The van der Waals surface area contributed by atoms with Crippen molar-refractivity contribution < 1.29 is 0 Å². The molecule has 1 aromatic heterocycles. The van der Waals surface area contributed by atoms with Gasteiger partial charge in [0.2, 0.25) is 0 Å². The molecular weight excluding hydrogens is 298 g/mol. The lowest BCUT2D eigenvalue weighted by Gasteiger charge is -2.02. The van der Waals surface area contributed by atoms with Crippen LogP contribution >= 0.6 is 11.3 Å². The molecule has 109 valence electrons. The molecule has 0 fully saturated rings. The first kappa shape index (κ1) is 13.9. The molecular formula is C21H14NS. The predicted octanol–water partition coefficient (Wildman–Crippen LogP) is 5.94. The van der Waals surface area contributed by atoms with E-state index in [2.05, 4.69) is 60.7 Å². The molecule has 0 aliphatic heterocycles. The van der Waals surface area contributed by atoms with Gasteiger partial charge in [0.15, 0.2) is 0 Å². The van der Waals surface area contributed by atoms with Crippen molar-refractivity contribution in [2.45, 2.75) is 0 Å². The molecule has 0 spiro atoms. The largest absolute Gasteiger partial charge is 0.235 e. The molecule has 0 aliphatic rings. The van der Waals surface area contributed by atoms with Crippen molar-refractivity contribution in [1.82, 2.24) is 4.98 Å². The first-order chi connectivity index (χ1) is 11.4. The third-order valence-corrected chi connectivity index (χ3v) is 4.79. The van der Waals surface area contributed by atoms with E-state index in [1.807, 2.05) is 30.3 Å². The maximum absolute atomic E-state index is 4.91. The van der Waals surface area contributed by atoms with Crippen LogP contribution in [0.5, 0.6) is 0 Å². The Hall–Kier alpha value is -2.71. The molecule has 0 saturated heterocycles. The first-order valence-corrected chi connectivity index (χ1v) is 8.32. The summed E-state index contributed by atoms with van der Waals surface area (Å²) in [6.07, 6.45) is 0. The van der Waals surface area contributed by atoms with Crippen LogP contribution in [0.4, 0.5) is 0 Å². The van der Waals surface area contributed by atoms with Crippen molar-refractivity contribution in [1.29, 1.82) is 0 Å². The number of hydrogen-bond acceptors (Lipinski definition) is 2. The molecule has 3 aromatic carbocycles. The van der Waals surface area contributed by atoms with Crippen LogP contribution in [0.15, 0.2) is 84.9 Å². The highest BCUT2D eigenvalue weighted by atomic mass is 32.1. The zero-order valence-corrected chi connectivity index (χ0v) is 13.3. The predicted molar refractivity (Wildman–Crippen MR) is 97.3 cm³/mol. The normalized spacial score (nSPS) is 10.6. The highest BCUT2D eigenvalue weighted by molar-refractivity contribution is 7.19. The van der Waals surface area contributed by atoms with Gasteiger partial charge in [-0.05, 0) is 11.6 Å². The summed E-state index contributed by atoms with van der Waals surface area (Å²) in [7, 11) is 0. The molecule has 1 nitrogen and oxygen atoms in total. The molecule has 0 unspecified atom stereocenters. The summed E-state index contributed by atoms with van der Waals surface area (Å²) in [6, 6.07) is 32.1. The number of benzene rings is 3. The highest BCUT2D eigenvalue weighted by Gasteiger charge is 2.15. The minimum atomic E-state index is 1.00. The van der Waals surface area contributed by atoms with E-state index >= 15 is 0 Å². The van der Waals surface area contributed by atoms with Gasteiger partial charge in [0.05, 0.1) is 10.6 Å². The molecule has 0 N–H and O–H groups in total. The van der Waals surface area contributed by atoms with Crippen molar-refractivity contribution >= 4 is 11.3 Å². The minimum Gasteiger partial charge on any atom is -0.235 e. The van der Waals surface area contributed by atoms with Crippen LogP contribution in [-0.2, 0) is 0 Å². The van der Waals surface area contributed by atoms with Crippen molar-refractivity contribution in [2.24, 2.45) is 0 Å². The lowest BCUT2D eigenvalue weighted by Crippen LogP contribution is -1.82. The fourth-order valence-corrected chi connectivity index (χ4v) is 3.62. The fourth-order valence-electron chi connectivity index (χ4n) is 2.54. The second-order valence-electron chi connectivity index (χ2n) is 5.21. The third kappa shape index (κ3) is 2.81. The van der Waals surface area contributed by atoms with Crippen LogP contribution in [0.1, 0.15) is 0 Å². The Morgan fingerprint density at radius 1 is 0.696 bits per heavy atom. The number of aromatic nitrogens is 1. The monoisotopic (exact) mass is 312 g/mol. The van der Waals surface area contributed by atoms with E-state index < -0.39 is 0 Å². The molecule has 0 atom stereocenters. The van der Waals surface area contributed by atoms with E-state index in [0.717, 1.165) is 21.8 Å². The smallest absolute Gasteiger partial charge is 0.125 e. The van der Waals surface area contributed by atoms with E-state index in [1.54, 1.807) is 11.3 Å². The zero-order valence-electron chi connectivity index (χ0n) is 12.4. The molecule has 0 saturated carbocycles. The van der Waals surface area contributed by atoms with Crippen LogP contribution in [0.2, 0.25) is 0 Å². The van der Waals surface area contributed by atoms with E-state index in [1.165, 1.54) is 10.4 Å². The number of thiazole rings is 1. The Bertz CT molecular complexity index is 840. The summed E-state index contributed by atoms with van der Waals surface area (Å²) < 4.78 is 0. The SMILES string of the molecule is [c]1ccccc1-c1nc(-c2ccccc2)c(-c2ccccc2)s1. The second-order valence-corrected chi connectivity index (χ2v) is 6.20. The van der Waals surface area contributed by atoms with Gasteiger partial charge >= 0.3 is 0 Å². The van der Waals surface area contributed by atoms with Crippen molar-refractivity contribution in [3.63, 3.8) is 0 Å². The highest BCUT2D eigenvalue weighted by Crippen LogP contribution is 2.40. The van der Waals surface area contributed by atoms with E-state index in [9.17, 15) is 0 Å². The lowest BCUT2D eigenvalue weighted by molar-refractivity contribution is 1.40. The van der Waals surface area contributed by atoms with Gasteiger partial charge in [0.1, 0.15) is 5.01 Å². The average Bonchev–Trinajstić information content (AvgIpc) is 3.09. The Morgan fingerprint density at radius 3 is 2.00 bits per heavy atom. The van der Waals surface area contributed by atoms with Gasteiger partial charge < -0.3 is 0 Å². The van der Waals surface area contributed by atoms with Gasteiger partial charge in [-0.2, -0.15) is 0 Å². The zero-order chi connectivity index (χ0) is 15.5. The molecule has 1 radical (unpaired) electrons. The topological polar surface area (TPSA) is 12.9 Å². The van der Waals surface area contributed by atoms with Crippen molar-refractivity contribution in [2.75, 3.05) is 0 Å². The van der Waals surface area contributed by atoms with Gasteiger partial charge in [-0.15, -0.1) is 11.3 Å². The van der Waals surface area contributed by atoms with E-state index in [0.29, 0.717) is 0 Å². The number of nitrogens with zero attached hydrogens (tertiary/aromatic N) is 1. The summed E-state index contributed by atoms with van der Waals surface area (Å²) in [6.45, 7) is 0. The van der Waals surface area contributed by atoms with Crippen LogP contribution in [0.25, 0.3) is 32.3 Å². The fraction of sp³-hybridized carbons (Fsp3) is 0. The summed E-state index contributed by atoms with van der Waals surface area (Å²) in [4.78, 5) is 6.11. The maximum Gasteiger partial charge on any atom is 0.125 e.